The van der Waals surface area contributed by atoms with E-state index in [0.29, 0.717) is 16.8 Å². The minimum Gasteiger partial charge on any atom is -0.344 e. The molecule has 0 fully saturated rings. The van der Waals surface area contributed by atoms with Crippen molar-refractivity contribution in [3.05, 3.63) is 71.8 Å². The SMILES string of the molecule is CC(=NNC(=O)[C@@H](NC(=O)c1ccccc1)C(C)C)[C@H](C)NC(=O)c1ccccc1. The molecule has 0 unspecified atom stereocenters. The van der Waals surface area contributed by atoms with Gasteiger partial charge in [-0.1, -0.05) is 50.2 Å². The molecule has 2 rings (SSSR count). The van der Waals surface area contributed by atoms with Crippen molar-refractivity contribution in [2.75, 3.05) is 0 Å². The predicted molar refractivity (Wildman–Crippen MR) is 117 cm³/mol. The number of carbonyl (C=O) groups excluding carboxylic acids is 3. The van der Waals surface area contributed by atoms with Crippen LogP contribution in [0, 0.1) is 5.92 Å². The van der Waals surface area contributed by atoms with E-state index < -0.39 is 11.9 Å². The molecule has 0 aliphatic heterocycles. The monoisotopic (exact) mass is 408 g/mol. The number of hydrogen-bond acceptors (Lipinski definition) is 4. The first kappa shape index (κ1) is 22.8. The molecule has 7 heteroatoms. The molecule has 0 heterocycles. The Kier molecular flexibility index (Phi) is 8.29. The van der Waals surface area contributed by atoms with Crippen LogP contribution >= 0.6 is 0 Å². The van der Waals surface area contributed by atoms with Crippen LogP contribution in [0.4, 0.5) is 0 Å². The van der Waals surface area contributed by atoms with Crippen LogP contribution < -0.4 is 16.1 Å². The summed E-state index contributed by atoms with van der Waals surface area (Å²) >= 11 is 0. The van der Waals surface area contributed by atoms with Gasteiger partial charge in [0.15, 0.2) is 0 Å². The Morgan fingerprint density at radius 3 is 1.70 bits per heavy atom. The van der Waals surface area contributed by atoms with E-state index in [9.17, 15) is 14.4 Å². The summed E-state index contributed by atoms with van der Waals surface area (Å²) in [5, 5.41) is 9.69. The number of carbonyl (C=O) groups is 3. The zero-order valence-electron chi connectivity index (χ0n) is 17.7. The summed E-state index contributed by atoms with van der Waals surface area (Å²) in [6.45, 7) is 7.18. The summed E-state index contributed by atoms with van der Waals surface area (Å²) in [6.07, 6.45) is 0. The van der Waals surface area contributed by atoms with Gasteiger partial charge < -0.3 is 10.6 Å². The normalized spacial score (nSPS) is 13.3. The maximum atomic E-state index is 12.6. The lowest BCUT2D eigenvalue weighted by Crippen LogP contribution is -2.49. The highest BCUT2D eigenvalue weighted by Crippen LogP contribution is 2.06. The van der Waals surface area contributed by atoms with Crippen LogP contribution in [0.1, 0.15) is 48.4 Å². The Labute approximate surface area is 177 Å². The second kappa shape index (κ2) is 10.9. The fourth-order valence-corrected chi connectivity index (χ4v) is 2.63. The van der Waals surface area contributed by atoms with Crippen LogP contribution in [-0.4, -0.2) is 35.5 Å². The highest BCUT2D eigenvalue weighted by Gasteiger charge is 2.24. The number of nitrogens with zero attached hydrogens (tertiary/aromatic N) is 1. The largest absolute Gasteiger partial charge is 0.344 e. The zero-order chi connectivity index (χ0) is 22.1. The average molecular weight is 409 g/mol. The highest BCUT2D eigenvalue weighted by molar-refractivity contribution is 5.99. The number of hydrazone groups is 1. The fourth-order valence-electron chi connectivity index (χ4n) is 2.63. The number of hydrogen-bond donors (Lipinski definition) is 3. The summed E-state index contributed by atoms with van der Waals surface area (Å²) in [5.41, 5.74) is 4.06. The summed E-state index contributed by atoms with van der Waals surface area (Å²) in [4.78, 5) is 37.2. The Bertz CT molecular complexity index is 895. The molecule has 0 saturated carbocycles. The van der Waals surface area contributed by atoms with Crippen molar-refractivity contribution in [1.29, 1.82) is 0 Å². The number of benzene rings is 2. The lowest BCUT2D eigenvalue weighted by molar-refractivity contribution is -0.123. The van der Waals surface area contributed by atoms with Gasteiger partial charge in [-0.15, -0.1) is 0 Å². The van der Waals surface area contributed by atoms with E-state index in [4.69, 9.17) is 0 Å². The molecule has 2 aromatic rings. The van der Waals surface area contributed by atoms with Crippen LogP contribution in [-0.2, 0) is 4.79 Å². The molecule has 30 heavy (non-hydrogen) atoms. The third kappa shape index (κ3) is 6.55. The highest BCUT2D eigenvalue weighted by atomic mass is 16.2. The molecule has 2 atom stereocenters. The van der Waals surface area contributed by atoms with Crippen molar-refractivity contribution in [2.45, 2.75) is 39.8 Å². The van der Waals surface area contributed by atoms with Crippen LogP contribution in [0.3, 0.4) is 0 Å². The summed E-state index contributed by atoms with van der Waals surface area (Å²) in [6, 6.07) is 16.4. The summed E-state index contributed by atoms with van der Waals surface area (Å²) < 4.78 is 0. The van der Waals surface area contributed by atoms with E-state index in [-0.39, 0.29) is 23.8 Å². The smallest absolute Gasteiger partial charge is 0.262 e. The molecule has 158 valence electrons. The average Bonchev–Trinajstić information content (AvgIpc) is 2.76. The van der Waals surface area contributed by atoms with Gasteiger partial charge in [0.1, 0.15) is 6.04 Å². The van der Waals surface area contributed by atoms with Crippen molar-refractivity contribution < 1.29 is 14.4 Å². The first-order valence-electron chi connectivity index (χ1n) is 9.85. The predicted octanol–water partition coefficient (Wildman–Crippen LogP) is 2.75. The first-order chi connectivity index (χ1) is 14.3. The summed E-state index contributed by atoms with van der Waals surface area (Å²) in [7, 11) is 0. The second-order valence-electron chi connectivity index (χ2n) is 7.35. The van der Waals surface area contributed by atoms with E-state index in [0.717, 1.165) is 0 Å². The van der Waals surface area contributed by atoms with Gasteiger partial charge in [0.25, 0.3) is 17.7 Å². The third-order valence-corrected chi connectivity index (χ3v) is 4.62. The quantitative estimate of drug-likeness (QED) is 0.463. The van der Waals surface area contributed by atoms with Gasteiger partial charge in [-0.3, -0.25) is 14.4 Å². The molecule has 2 aromatic carbocycles. The topological polar surface area (TPSA) is 99.7 Å². The molecule has 0 aliphatic carbocycles. The first-order valence-corrected chi connectivity index (χ1v) is 9.85. The van der Waals surface area contributed by atoms with E-state index in [2.05, 4.69) is 21.2 Å². The maximum Gasteiger partial charge on any atom is 0.262 e. The van der Waals surface area contributed by atoms with Crippen LogP contribution in [0.15, 0.2) is 65.8 Å². The molecule has 0 spiro atoms. The van der Waals surface area contributed by atoms with Crippen molar-refractivity contribution >= 4 is 23.4 Å². The standard InChI is InChI=1S/C23H28N4O3/c1-15(2)20(25-22(29)19-13-9-6-10-14-19)23(30)27-26-17(4)16(3)24-21(28)18-11-7-5-8-12-18/h5-16,20H,1-4H3,(H,24,28)(H,25,29)(H,27,30)/t16-,20-/m0/s1. The second-order valence-corrected chi connectivity index (χ2v) is 7.35. The molecule has 0 aliphatic rings. The third-order valence-electron chi connectivity index (χ3n) is 4.62. The lowest BCUT2D eigenvalue weighted by Gasteiger charge is -2.21. The molecule has 0 saturated heterocycles. The molecule has 0 radical (unpaired) electrons. The van der Waals surface area contributed by atoms with Crippen LogP contribution in [0.2, 0.25) is 0 Å². The molecular weight excluding hydrogens is 380 g/mol. The Hall–Kier alpha value is -3.48. The van der Waals surface area contributed by atoms with Crippen LogP contribution in [0.25, 0.3) is 0 Å². The molecule has 3 N–H and O–H groups in total. The van der Waals surface area contributed by atoms with Gasteiger partial charge in [0.2, 0.25) is 0 Å². The minimum absolute atomic E-state index is 0.136. The molecular formula is C23H28N4O3. The zero-order valence-corrected chi connectivity index (χ0v) is 17.7. The van der Waals surface area contributed by atoms with E-state index in [1.54, 1.807) is 62.4 Å². The van der Waals surface area contributed by atoms with Gasteiger partial charge in [-0.2, -0.15) is 5.10 Å². The van der Waals surface area contributed by atoms with Gasteiger partial charge >= 0.3 is 0 Å². The Morgan fingerprint density at radius 1 is 0.767 bits per heavy atom. The van der Waals surface area contributed by atoms with Gasteiger partial charge in [0, 0.05) is 11.1 Å². The number of amides is 3. The lowest BCUT2D eigenvalue weighted by atomic mass is 10.0. The van der Waals surface area contributed by atoms with Crippen molar-refractivity contribution in [3.8, 4) is 0 Å². The Balaban J connectivity index is 1.96. The van der Waals surface area contributed by atoms with E-state index >= 15 is 0 Å². The molecule has 3 amide bonds. The van der Waals surface area contributed by atoms with E-state index in [1.807, 2.05) is 26.0 Å². The summed E-state index contributed by atoms with van der Waals surface area (Å²) in [5.74, 6) is -1.11. The van der Waals surface area contributed by atoms with Crippen LogP contribution in [0.5, 0.6) is 0 Å². The maximum absolute atomic E-state index is 12.6. The molecule has 0 bridgehead atoms. The Morgan fingerprint density at radius 2 is 1.23 bits per heavy atom. The van der Waals surface area contributed by atoms with Crippen molar-refractivity contribution in [2.24, 2.45) is 11.0 Å². The minimum atomic E-state index is -0.747. The molecule has 0 aromatic heterocycles. The van der Waals surface area contributed by atoms with Crippen molar-refractivity contribution in [3.63, 3.8) is 0 Å². The fraction of sp³-hybridized carbons (Fsp3) is 0.304. The van der Waals surface area contributed by atoms with Gasteiger partial charge in [-0.05, 0) is 44.0 Å². The number of nitrogens with one attached hydrogen (secondary N) is 3. The van der Waals surface area contributed by atoms with E-state index in [1.165, 1.54) is 0 Å². The van der Waals surface area contributed by atoms with Gasteiger partial charge in [0.05, 0.1) is 11.8 Å². The van der Waals surface area contributed by atoms with Crippen molar-refractivity contribution in [1.82, 2.24) is 16.1 Å². The van der Waals surface area contributed by atoms with Gasteiger partial charge in [-0.25, -0.2) is 5.43 Å². The number of rotatable bonds is 8. The molecule has 7 nitrogen and oxygen atoms in total.